The fourth-order valence-corrected chi connectivity index (χ4v) is 3.12. The number of nitrogens with one attached hydrogen (secondary N) is 2. The number of carbonyl (C=O) groups excluding carboxylic acids is 1. The highest BCUT2D eigenvalue weighted by Crippen LogP contribution is 2.19. The fraction of sp³-hybridized carbons (Fsp3) is 0.182. The number of rotatable bonds is 5. The minimum atomic E-state index is -0.286. The van der Waals surface area contributed by atoms with Crippen molar-refractivity contribution in [2.45, 2.75) is 26.7 Å². The largest absolute Gasteiger partial charge is 0.339 e. The first kappa shape index (κ1) is 18.6. The monoisotopic (exact) mass is 388 g/mol. The maximum Gasteiger partial charge on any atom is 0.259 e. The van der Waals surface area contributed by atoms with Crippen LogP contribution >= 0.6 is 0 Å². The molecule has 2 aromatic heterocycles. The van der Waals surface area contributed by atoms with E-state index in [1.807, 2.05) is 56.3 Å². The van der Waals surface area contributed by atoms with Crippen LogP contribution in [0, 0.1) is 13.8 Å². The molecule has 0 aliphatic heterocycles. The Morgan fingerprint density at radius 1 is 1.10 bits per heavy atom. The lowest BCUT2D eigenvalue weighted by molar-refractivity contribution is -0.116. The lowest BCUT2D eigenvalue weighted by Gasteiger charge is -2.04. The molecule has 29 heavy (non-hydrogen) atoms. The zero-order valence-electron chi connectivity index (χ0n) is 16.2. The van der Waals surface area contributed by atoms with Crippen LogP contribution in [0.15, 0.2) is 57.8 Å². The van der Waals surface area contributed by atoms with Crippen molar-refractivity contribution in [1.29, 1.82) is 0 Å². The number of nitrogens with zero attached hydrogens (tertiary/aromatic N) is 2. The number of aromatic amines is 1. The van der Waals surface area contributed by atoms with Gasteiger partial charge in [0, 0.05) is 24.0 Å². The smallest absolute Gasteiger partial charge is 0.259 e. The van der Waals surface area contributed by atoms with E-state index in [4.69, 9.17) is 4.52 Å². The second-order valence-electron chi connectivity index (χ2n) is 7.03. The highest BCUT2D eigenvalue weighted by molar-refractivity contribution is 5.90. The summed E-state index contributed by atoms with van der Waals surface area (Å²) in [7, 11) is 0. The lowest BCUT2D eigenvalue weighted by Crippen LogP contribution is -2.12. The fourth-order valence-electron chi connectivity index (χ4n) is 3.12. The molecule has 0 bridgehead atoms. The normalized spacial score (nSPS) is 11.0. The number of carbonyl (C=O) groups is 1. The number of benzene rings is 2. The summed E-state index contributed by atoms with van der Waals surface area (Å²) in [5, 5.41) is 7.65. The van der Waals surface area contributed by atoms with Gasteiger partial charge in [0.15, 0.2) is 0 Å². The highest BCUT2D eigenvalue weighted by atomic mass is 16.5. The number of aromatic nitrogens is 3. The lowest BCUT2D eigenvalue weighted by atomic mass is 10.1. The molecule has 0 radical (unpaired) electrons. The molecule has 0 aliphatic rings. The summed E-state index contributed by atoms with van der Waals surface area (Å²) < 4.78 is 5.24. The predicted molar refractivity (Wildman–Crippen MR) is 111 cm³/mol. The quantitative estimate of drug-likeness (QED) is 0.542. The van der Waals surface area contributed by atoms with Crippen LogP contribution in [-0.4, -0.2) is 21.0 Å². The standard InChI is InChI=1S/C22H20N4O3/c1-13-4-3-5-16(11-13)23-19(27)8-9-20-25-21(26-29-20)17-12-15-10-14(2)6-7-18(15)24-22(17)28/h3-7,10-12H,8-9H2,1-2H3,(H,23,27)(H,24,28). The molecule has 7 nitrogen and oxygen atoms in total. The molecule has 4 rings (SSSR count). The van der Waals surface area contributed by atoms with Crippen LogP contribution in [0.3, 0.4) is 0 Å². The van der Waals surface area contributed by atoms with Crippen molar-refractivity contribution in [1.82, 2.24) is 15.1 Å². The Labute approximate surface area is 166 Å². The van der Waals surface area contributed by atoms with Crippen molar-refractivity contribution in [2.75, 3.05) is 5.32 Å². The van der Waals surface area contributed by atoms with Gasteiger partial charge in [-0.25, -0.2) is 0 Å². The molecule has 4 aromatic rings. The SMILES string of the molecule is Cc1cccc(NC(=O)CCc2nc(-c3cc4cc(C)ccc4[nH]c3=O)no2)c1. The summed E-state index contributed by atoms with van der Waals surface area (Å²) in [6, 6.07) is 15.1. The molecule has 146 valence electrons. The summed E-state index contributed by atoms with van der Waals surface area (Å²) >= 11 is 0. The molecule has 0 fully saturated rings. The summed E-state index contributed by atoms with van der Waals surface area (Å²) in [5.74, 6) is 0.376. The van der Waals surface area contributed by atoms with Crippen molar-refractivity contribution in [3.8, 4) is 11.4 Å². The number of aryl methyl sites for hydroxylation is 3. The van der Waals surface area contributed by atoms with Gasteiger partial charge in [0.05, 0.1) is 5.56 Å². The Morgan fingerprint density at radius 3 is 2.76 bits per heavy atom. The number of anilines is 1. The molecular weight excluding hydrogens is 368 g/mol. The van der Waals surface area contributed by atoms with E-state index in [-0.39, 0.29) is 30.1 Å². The molecule has 7 heteroatoms. The van der Waals surface area contributed by atoms with E-state index in [1.54, 1.807) is 6.07 Å². The number of fused-ring (bicyclic) bond motifs is 1. The van der Waals surface area contributed by atoms with Gasteiger partial charge < -0.3 is 14.8 Å². The van der Waals surface area contributed by atoms with Gasteiger partial charge in [-0.05, 0) is 55.1 Å². The van der Waals surface area contributed by atoms with E-state index in [0.717, 1.165) is 27.7 Å². The average Bonchev–Trinajstić information content (AvgIpc) is 3.15. The van der Waals surface area contributed by atoms with Crippen LogP contribution in [-0.2, 0) is 11.2 Å². The second kappa shape index (κ2) is 7.71. The summed E-state index contributed by atoms with van der Waals surface area (Å²) in [5.41, 5.74) is 3.71. The van der Waals surface area contributed by atoms with E-state index in [9.17, 15) is 9.59 Å². The topological polar surface area (TPSA) is 101 Å². The molecule has 0 atom stereocenters. The average molecular weight is 388 g/mol. The van der Waals surface area contributed by atoms with E-state index in [0.29, 0.717) is 11.5 Å². The Kier molecular flexibility index (Phi) is 4.95. The minimum absolute atomic E-state index is 0.144. The molecule has 0 saturated carbocycles. The third-order valence-electron chi connectivity index (χ3n) is 4.58. The van der Waals surface area contributed by atoms with Crippen molar-refractivity contribution < 1.29 is 9.32 Å². The van der Waals surface area contributed by atoms with Crippen LogP contribution in [0.4, 0.5) is 5.69 Å². The van der Waals surface area contributed by atoms with Crippen LogP contribution in [0.5, 0.6) is 0 Å². The molecule has 0 spiro atoms. The van der Waals surface area contributed by atoms with Gasteiger partial charge in [0.1, 0.15) is 0 Å². The molecule has 0 aliphatic carbocycles. The number of hydrogen-bond donors (Lipinski definition) is 2. The third kappa shape index (κ3) is 4.24. The predicted octanol–water partition coefficient (Wildman–Crippen LogP) is 3.77. The van der Waals surface area contributed by atoms with Gasteiger partial charge in [-0.1, -0.05) is 28.9 Å². The van der Waals surface area contributed by atoms with Crippen LogP contribution < -0.4 is 10.9 Å². The number of pyridine rings is 1. The van der Waals surface area contributed by atoms with E-state index in [2.05, 4.69) is 20.4 Å². The van der Waals surface area contributed by atoms with Crippen molar-refractivity contribution in [2.24, 2.45) is 0 Å². The van der Waals surface area contributed by atoms with E-state index in [1.165, 1.54) is 0 Å². The van der Waals surface area contributed by atoms with Crippen LogP contribution in [0.2, 0.25) is 0 Å². The molecule has 0 saturated heterocycles. The van der Waals surface area contributed by atoms with Crippen molar-refractivity contribution in [3.63, 3.8) is 0 Å². The second-order valence-corrected chi connectivity index (χ2v) is 7.03. The van der Waals surface area contributed by atoms with Gasteiger partial charge in [-0.15, -0.1) is 0 Å². The van der Waals surface area contributed by atoms with Gasteiger partial charge in [0.25, 0.3) is 5.56 Å². The van der Waals surface area contributed by atoms with Gasteiger partial charge in [-0.2, -0.15) is 4.98 Å². The molecular formula is C22H20N4O3. The maximum absolute atomic E-state index is 12.4. The minimum Gasteiger partial charge on any atom is -0.339 e. The van der Waals surface area contributed by atoms with Crippen molar-refractivity contribution in [3.05, 3.63) is 75.9 Å². The number of amides is 1. The van der Waals surface area contributed by atoms with Gasteiger partial charge in [0.2, 0.25) is 17.6 Å². The first-order valence-electron chi connectivity index (χ1n) is 9.31. The summed E-state index contributed by atoms with van der Waals surface area (Å²) in [6.45, 7) is 3.95. The summed E-state index contributed by atoms with van der Waals surface area (Å²) in [6.07, 6.45) is 0.484. The van der Waals surface area contributed by atoms with E-state index >= 15 is 0 Å². The van der Waals surface area contributed by atoms with Gasteiger partial charge in [-0.3, -0.25) is 9.59 Å². The maximum atomic E-state index is 12.4. The van der Waals surface area contributed by atoms with Crippen molar-refractivity contribution >= 4 is 22.5 Å². The Balaban J connectivity index is 1.47. The van der Waals surface area contributed by atoms with Crippen LogP contribution in [0.25, 0.3) is 22.3 Å². The zero-order valence-corrected chi connectivity index (χ0v) is 16.2. The molecule has 2 heterocycles. The number of H-pyrrole nitrogens is 1. The molecule has 2 aromatic carbocycles. The molecule has 1 amide bonds. The Morgan fingerprint density at radius 2 is 1.93 bits per heavy atom. The van der Waals surface area contributed by atoms with Gasteiger partial charge >= 0.3 is 0 Å². The number of hydrogen-bond acceptors (Lipinski definition) is 5. The first-order chi connectivity index (χ1) is 14.0. The first-order valence-corrected chi connectivity index (χ1v) is 9.31. The van der Waals surface area contributed by atoms with E-state index < -0.39 is 0 Å². The Hall–Kier alpha value is -3.74. The highest BCUT2D eigenvalue weighted by Gasteiger charge is 2.14. The summed E-state index contributed by atoms with van der Waals surface area (Å²) in [4.78, 5) is 31.7. The Bertz CT molecular complexity index is 1260. The van der Waals surface area contributed by atoms with Crippen LogP contribution in [0.1, 0.15) is 23.4 Å². The molecule has 2 N–H and O–H groups in total. The molecule has 0 unspecified atom stereocenters. The zero-order chi connectivity index (χ0) is 20.4. The third-order valence-corrected chi connectivity index (χ3v) is 4.58.